The first-order valence-corrected chi connectivity index (χ1v) is 9.25. The number of primary amides is 1. The highest BCUT2D eigenvalue weighted by molar-refractivity contribution is 5.93. The van der Waals surface area contributed by atoms with Gasteiger partial charge in [0.15, 0.2) is 11.6 Å². The van der Waals surface area contributed by atoms with E-state index in [0.29, 0.717) is 28.1 Å². The minimum absolute atomic E-state index is 0.0620. The molecular formula is C22H22FN3O4. The van der Waals surface area contributed by atoms with Gasteiger partial charge < -0.3 is 25.9 Å². The van der Waals surface area contributed by atoms with Crippen molar-refractivity contribution < 1.29 is 23.8 Å². The highest BCUT2D eigenvalue weighted by Crippen LogP contribution is 2.32. The molecule has 0 fully saturated rings. The van der Waals surface area contributed by atoms with Crippen molar-refractivity contribution >= 4 is 11.9 Å². The number of carboxylic acids is 1. The number of methoxy groups -OCH3 is 1. The number of carboxylic acid groups (broad SMARTS) is 1. The third-order valence-electron chi connectivity index (χ3n) is 4.83. The number of carbonyl (C=O) groups excluding carboxylic acids is 1. The van der Waals surface area contributed by atoms with Gasteiger partial charge in [-0.2, -0.15) is 0 Å². The molecule has 1 aromatic heterocycles. The van der Waals surface area contributed by atoms with Crippen LogP contribution in [0.15, 0.2) is 48.5 Å². The quantitative estimate of drug-likeness (QED) is 0.526. The number of aryl methyl sites for hydroxylation is 1. The molecule has 7 nitrogen and oxygen atoms in total. The Morgan fingerprint density at radius 2 is 1.90 bits per heavy atom. The molecule has 8 heteroatoms. The maximum Gasteiger partial charge on any atom is 0.303 e. The van der Waals surface area contributed by atoms with E-state index in [9.17, 15) is 14.0 Å². The van der Waals surface area contributed by atoms with Crippen LogP contribution in [0.1, 0.15) is 28.0 Å². The molecule has 0 aliphatic rings. The molecule has 0 aliphatic heterocycles. The number of amides is 1. The normalized spacial score (nSPS) is 10.8. The second kappa shape index (κ2) is 8.79. The Balaban J connectivity index is 2.22. The molecule has 0 radical (unpaired) electrons. The number of hydrogen-bond acceptors (Lipinski definition) is 4. The fourth-order valence-corrected chi connectivity index (χ4v) is 3.36. The van der Waals surface area contributed by atoms with E-state index in [-0.39, 0.29) is 25.1 Å². The van der Waals surface area contributed by atoms with Gasteiger partial charge in [0.1, 0.15) is 0 Å². The molecule has 0 atom stereocenters. The predicted octanol–water partition coefficient (Wildman–Crippen LogP) is 2.87. The summed E-state index contributed by atoms with van der Waals surface area (Å²) in [4.78, 5) is 22.7. The molecule has 0 aliphatic carbocycles. The van der Waals surface area contributed by atoms with Gasteiger partial charge in [0, 0.05) is 23.4 Å². The van der Waals surface area contributed by atoms with Crippen LogP contribution in [0.5, 0.6) is 5.75 Å². The first-order chi connectivity index (χ1) is 14.3. The molecule has 0 bridgehead atoms. The van der Waals surface area contributed by atoms with Crippen LogP contribution in [0, 0.1) is 5.82 Å². The number of rotatable bonds is 8. The lowest BCUT2D eigenvalue weighted by Crippen LogP contribution is -2.14. The molecular weight excluding hydrogens is 389 g/mol. The largest absolute Gasteiger partial charge is 0.494 e. The second-order valence-electron chi connectivity index (χ2n) is 6.70. The smallest absolute Gasteiger partial charge is 0.303 e. The van der Waals surface area contributed by atoms with Gasteiger partial charge in [-0.3, -0.25) is 9.59 Å². The standard InChI is InChI=1S/C22H22FN3O4/c1-30-20-11-13(2-6-17(20)23)18-8-4-16(5-9-21(27)28)26(18)19-7-3-14(22(25)29)10-15(19)12-24/h2-4,6-8,10-11H,5,9,12,24H2,1H3,(H2,25,29)(H,27,28). The summed E-state index contributed by atoms with van der Waals surface area (Å²) in [5.41, 5.74) is 15.1. The zero-order chi connectivity index (χ0) is 21.8. The van der Waals surface area contributed by atoms with Gasteiger partial charge in [-0.25, -0.2) is 4.39 Å². The van der Waals surface area contributed by atoms with Crippen LogP contribution in [-0.4, -0.2) is 28.7 Å². The maximum atomic E-state index is 13.9. The fourth-order valence-electron chi connectivity index (χ4n) is 3.36. The third kappa shape index (κ3) is 4.18. The second-order valence-corrected chi connectivity index (χ2v) is 6.70. The minimum Gasteiger partial charge on any atom is -0.494 e. The summed E-state index contributed by atoms with van der Waals surface area (Å²) in [5.74, 6) is -1.89. The van der Waals surface area contributed by atoms with Crippen LogP contribution >= 0.6 is 0 Å². The molecule has 3 rings (SSSR count). The van der Waals surface area contributed by atoms with Crippen LogP contribution in [0.25, 0.3) is 16.9 Å². The molecule has 156 valence electrons. The molecule has 2 aromatic carbocycles. The highest BCUT2D eigenvalue weighted by Gasteiger charge is 2.17. The Morgan fingerprint density at radius 1 is 1.13 bits per heavy atom. The summed E-state index contributed by atoms with van der Waals surface area (Å²) in [6.07, 6.45) is 0.211. The number of hydrogen-bond donors (Lipinski definition) is 3. The Hall–Kier alpha value is -3.65. The average Bonchev–Trinajstić information content (AvgIpc) is 3.15. The first-order valence-electron chi connectivity index (χ1n) is 9.25. The van der Waals surface area contributed by atoms with Crippen molar-refractivity contribution in [1.29, 1.82) is 0 Å². The lowest BCUT2D eigenvalue weighted by atomic mass is 10.1. The Morgan fingerprint density at radius 3 is 2.53 bits per heavy atom. The lowest BCUT2D eigenvalue weighted by molar-refractivity contribution is -0.136. The monoisotopic (exact) mass is 411 g/mol. The zero-order valence-corrected chi connectivity index (χ0v) is 16.4. The van der Waals surface area contributed by atoms with Gasteiger partial charge in [-0.15, -0.1) is 0 Å². The third-order valence-corrected chi connectivity index (χ3v) is 4.83. The summed E-state index contributed by atoms with van der Waals surface area (Å²) in [6.45, 7) is 0.138. The van der Waals surface area contributed by atoms with Crippen molar-refractivity contribution in [2.75, 3.05) is 7.11 Å². The number of halogens is 1. The number of benzene rings is 2. The van der Waals surface area contributed by atoms with E-state index < -0.39 is 17.7 Å². The maximum absolute atomic E-state index is 13.9. The van der Waals surface area contributed by atoms with Gasteiger partial charge >= 0.3 is 5.97 Å². The van der Waals surface area contributed by atoms with E-state index >= 15 is 0 Å². The van der Waals surface area contributed by atoms with E-state index in [4.69, 9.17) is 21.3 Å². The molecule has 5 N–H and O–H groups in total. The number of aliphatic carboxylic acids is 1. The molecule has 1 heterocycles. The van der Waals surface area contributed by atoms with Crippen LogP contribution in [0.2, 0.25) is 0 Å². The van der Waals surface area contributed by atoms with Crippen molar-refractivity contribution in [3.05, 3.63) is 71.2 Å². The van der Waals surface area contributed by atoms with Gasteiger partial charge in [0.2, 0.25) is 5.91 Å². The highest BCUT2D eigenvalue weighted by atomic mass is 19.1. The zero-order valence-electron chi connectivity index (χ0n) is 16.4. The van der Waals surface area contributed by atoms with E-state index in [1.807, 2.05) is 16.7 Å². The molecule has 1 amide bonds. The fraction of sp³-hybridized carbons (Fsp3) is 0.182. The number of nitrogens with zero attached hydrogens (tertiary/aromatic N) is 1. The summed E-state index contributed by atoms with van der Waals surface area (Å²) < 4.78 is 20.9. The molecule has 0 spiro atoms. The van der Waals surface area contributed by atoms with Crippen molar-refractivity contribution in [2.24, 2.45) is 11.5 Å². The van der Waals surface area contributed by atoms with Gasteiger partial charge in [0.25, 0.3) is 0 Å². The molecule has 0 saturated heterocycles. The van der Waals surface area contributed by atoms with E-state index in [0.717, 1.165) is 5.69 Å². The summed E-state index contributed by atoms with van der Waals surface area (Å²) >= 11 is 0. The topological polar surface area (TPSA) is 121 Å². The first kappa shape index (κ1) is 21.1. The van der Waals surface area contributed by atoms with Crippen LogP contribution < -0.4 is 16.2 Å². The molecule has 0 unspecified atom stereocenters. The van der Waals surface area contributed by atoms with Crippen molar-refractivity contribution in [3.63, 3.8) is 0 Å². The predicted molar refractivity (Wildman–Crippen MR) is 110 cm³/mol. The van der Waals surface area contributed by atoms with Crippen molar-refractivity contribution in [3.8, 4) is 22.7 Å². The van der Waals surface area contributed by atoms with Gasteiger partial charge in [-0.05, 0) is 60.5 Å². The summed E-state index contributed by atoms with van der Waals surface area (Å²) in [6, 6.07) is 13.1. The van der Waals surface area contributed by atoms with E-state index in [1.165, 1.54) is 13.2 Å². The molecule has 3 aromatic rings. The molecule has 30 heavy (non-hydrogen) atoms. The Labute approximate surface area is 172 Å². The average molecular weight is 411 g/mol. The van der Waals surface area contributed by atoms with Crippen LogP contribution in [-0.2, 0) is 17.8 Å². The van der Waals surface area contributed by atoms with Gasteiger partial charge in [-0.1, -0.05) is 0 Å². The lowest BCUT2D eigenvalue weighted by Gasteiger charge is -2.18. The van der Waals surface area contributed by atoms with E-state index in [1.54, 1.807) is 30.3 Å². The Bertz CT molecular complexity index is 1110. The van der Waals surface area contributed by atoms with Gasteiger partial charge in [0.05, 0.1) is 24.9 Å². The summed E-state index contributed by atoms with van der Waals surface area (Å²) in [7, 11) is 1.38. The van der Waals surface area contributed by atoms with Crippen LogP contribution in [0.4, 0.5) is 4.39 Å². The molecule has 0 saturated carbocycles. The number of carbonyl (C=O) groups is 2. The number of ether oxygens (including phenoxy) is 1. The Kier molecular flexibility index (Phi) is 6.17. The van der Waals surface area contributed by atoms with Crippen LogP contribution in [0.3, 0.4) is 0 Å². The van der Waals surface area contributed by atoms with E-state index in [2.05, 4.69) is 0 Å². The summed E-state index contributed by atoms with van der Waals surface area (Å²) in [5, 5.41) is 9.12. The number of aromatic nitrogens is 1. The van der Waals surface area contributed by atoms with Crippen molar-refractivity contribution in [2.45, 2.75) is 19.4 Å². The number of nitrogens with two attached hydrogens (primary N) is 2. The minimum atomic E-state index is -0.920. The van der Waals surface area contributed by atoms with Crippen molar-refractivity contribution in [1.82, 2.24) is 4.57 Å². The SMILES string of the molecule is COc1cc(-c2ccc(CCC(=O)O)n2-c2ccc(C(N)=O)cc2CN)ccc1F.